The van der Waals surface area contributed by atoms with Gasteiger partial charge >= 0.3 is 0 Å². The second kappa shape index (κ2) is 9.09. The molecule has 3 heterocycles. The van der Waals surface area contributed by atoms with E-state index in [1.807, 2.05) is 16.6 Å². The summed E-state index contributed by atoms with van der Waals surface area (Å²) in [4.78, 5) is 15.2. The third kappa shape index (κ3) is 4.70. The maximum absolute atomic E-state index is 13.0. The third-order valence-electron chi connectivity index (χ3n) is 6.36. The smallest absolute Gasteiger partial charge is 0.225 e. The van der Waals surface area contributed by atoms with E-state index in [2.05, 4.69) is 34.3 Å². The van der Waals surface area contributed by atoms with E-state index in [-0.39, 0.29) is 17.7 Å². The van der Waals surface area contributed by atoms with Crippen LogP contribution in [0.1, 0.15) is 83.4 Å². The first kappa shape index (κ1) is 20.1. The van der Waals surface area contributed by atoms with Crippen molar-refractivity contribution in [3.63, 3.8) is 0 Å². The lowest BCUT2D eigenvalue weighted by molar-refractivity contribution is -0.126. The number of fused-ring (bicyclic) bond motifs is 1. The predicted molar refractivity (Wildman–Crippen MR) is 114 cm³/mol. The molecule has 2 aromatic rings. The minimum Gasteiger partial charge on any atom is -0.354 e. The molecule has 1 aliphatic carbocycles. The van der Waals surface area contributed by atoms with Crippen molar-refractivity contribution in [2.75, 3.05) is 18.0 Å². The summed E-state index contributed by atoms with van der Waals surface area (Å²) in [5.74, 6) is 2.31. The predicted octanol–water partition coefficient (Wildman–Crippen LogP) is 3.69. The maximum atomic E-state index is 13.0. The van der Waals surface area contributed by atoms with Gasteiger partial charge in [0.25, 0.3) is 0 Å². The number of amides is 1. The van der Waals surface area contributed by atoms with Gasteiger partial charge in [-0.25, -0.2) is 0 Å². The van der Waals surface area contributed by atoms with Gasteiger partial charge < -0.3 is 10.2 Å². The lowest BCUT2D eigenvalue weighted by atomic mass is 9.94. The van der Waals surface area contributed by atoms with Gasteiger partial charge in [0.2, 0.25) is 5.91 Å². The first-order chi connectivity index (χ1) is 14.1. The molecule has 1 saturated heterocycles. The molecule has 2 aliphatic rings. The van der Waals surface area contributed by atoms with Crippen LogP contribution in [0.4, 0.5) is 5.82 Å². The number of nitrogens with zero attached hydrogens (tertiary/aromatic N) is 5. The Morgan fingerprint density at radius 3 is 2.55 bits per heavy atom. The quantitative estimate of drug-likeness (QED) is 0.850. The highest BCUT2D eigenvalue weighted by atomic mass is 16.2. The van der Waals surface area contributed by atoms with E-state index in [9.17, 15) is 4.79 Å². The highest BCUT2D eigenvalue weighted by Crippen LogP contribution is 2.24. The number of carbonyl (C=O) groups is 1. The molecule has 1 atom stereocenters. The van der Waals surface area contributed by atoms with Gasteiger partial charge in [0.15, 0.2) is 11.5 Å². The summed E-state index contributed by atoms with van der Waals surface area (Å²) in [6, 6.07) is 4.33. The highest BCUT2D eigenvalue weighted by Gasteiger charge is 2.28. The van der Waals surface area contributed by atoms with Crippen molar-refractivity contribution >= 4 is 17.4 Å². The Morgan fingerprint density at radius 2 is 1.79 bits per heavy atom. The van der Waals surface area contributed by atoms with E-state index < -0.39 is 0 Å². The van der Waals surface area contributed by atoms with E-state index in [4.69, 9.17) is 5.10 Å². The molecule has 7 nitrogen and oxygen atoms in total. The van der Waals surface area contributed by atoms with Crippen LogP contribution in [0.15, 0.2) is 12.1 Å². The molecule has 0 radical (unpaired) electrons. The molecule has 2 aromatic heterocycles. The minimum atomic E-state index is 0.0390. The van der Waals surface area contributed by atoms with E-state index >= 15 is 0 Å². The van der Waals surface area contributed by atoms with Gasteiger partial charge in [-0.1, -0.05) is 46.0 Å². The van der Waals surface area contributed by atoms with Gasteiger partial charge in [-0.15, -0.1) is 15.3 Å². The van der Waals surface area contributed by atoms with Crippen LogP contribution in [0.3, 0.4) is 0 Å². The summed E-state index contributed by atoms with van der Waals surface area (Å²) in [6.45, 7) is 5.87. The summed E-state index contributed by atoms with van der Waals surface area (Å²) in [5, 5.41) is 16.7. The van der Waals surface area contributed by atoms with Crippen LogP contribution in [-0.4, -0.2) is 44.8 Å². The van der Waals surface area contributed by atoms with Crippen LogP contribution in [0.2, 0.25) is 0 Å². The second-order valence-corrected chi connectivity index (χ2v) is 9.01. The van der Waals surface area contributed by atoms with E-state index in [0.29, 0.717) is 6.04 Å². The van der Waals surface area contributed by atoms with Crippen LogP contribution < -0.4 is 10.2 Å². The number of piperidine rings is 1. The number of nitrogens with one attached hydrogen (secondary N) is 1. The topological polar surface area (TPSA) is 75.4 Å². The average Bonchev–Trinajstić information content (AvgIpc) is 3.13. The molecule has 7 heteroatoms. The minimum absolute atomic E-state index is 0.0390. The third-order valence-corrected chi connectivity index (χ3v) is 6.36. The molecule has 4 rings (SSSR count). The fourth-order valence-electron chi connectivity index (χ4n) is 4.64. The summed E-state index contributed by atoms with van der Waals surface area (Å²) in [6.07, 6.45) is 10.7. The number of aromatic nitrogens is 4. The number of rotatable bonds is 4. The molecule has 1 saturated carbocycles. The van der Waals surface area contributed by atoms with Crippen molar-refractivity contribution in [3.8, 4) is 0 Å². The fraction of sp³-hybridized carbons (Fsp3) is 0.727. The second-order valence-electron chi connectivity index (χ2n) is 9.01. The molecule has 1 aliphatic heterocycles. The summed E-state index contributed by atoms with van der Waals surface area (Å²) < 4.78 is 1.85. The zero-order chi connectivity index (χ0) is 20.2. The van der Waals surface area contributed by atoms with Crippen LogP contribution in [-0.2, 0) is 4.79 Å². The molecule has 1 amide bonds. The van der Waals surface area contributed by atoms with E-state index in [1.54, 1.807) is 0 Å². The Morgan fingerprint density at radius 1 is 1.03 bits per heavy atom. The summed E-state index contributed by atoms with van der Waals surface area (Å²) >= 11 is 0. The Balaban J connectivity index is 1.43. The largest absolute Gasteiger partial charge is 0.354 e. The van der Waals surface area contributed by atoms with E-state index in [0.717, 1.165) is 56.1 Å². The molecule has 0 bridgehead atoms. The normalized spacial score (nSPS) is 21.9. The highest BCUT2D eigenvalue weighted by molar-refractivity contribution is 5.79. The van der Waals surface area contributed by atoms with Crippen molar-refractivity contribution in [3.05, 3.63) is 18.0 Å². The van der Waals surface area contributed by atoms with Gasteiger partial charge in [0.1, 0.15) is 5.82 Å². The maximum Gasteiger partial charge on any atom is 0.225 e. The summed E-state index contributed by atoms with van der Waals surface area (Å²) in [5.41, 5.74) is 0.771. The van der Waals surface area contributed by atoms with Crippen molar-refractivity contribution < 1.29 is 4.79 Å². The molecule has 0 aromatic carbocycles. The number of anilines is 1. The lowest BCUT2D eigenvalue weighted by Gasteiger charge is -2.33. The Labute approximate surface area is 173 Å². The van der Waals surface area contributed by atoms with Gasteiger partial charge in [-0.2, -0.15) is 4.52 Å². The molecule has 1 N–H and O–H groups in total. The molecule has 0 unspecified atom stereocenters. The van der Waals surface area contributed by atoms with Crippen LogP contribution in [0, 0.1) is 5.92 Å². The number of hydrogen-bond acceptors (Lipinski definition) is 5. The van der Waals surface area contributed by atoms with Crippen molar-refractivity contribution in [1.29, 1.82) is 0 Å². The zero-order valence-corrected chi connectivity index (χ0v) is 17.8. The van der Waals surface area contributed by atoms with Crippen molar-refractivity contribution in [2.24, 2.45) is 5.92 Å². The van der Waals surface area contributed by atoms with Crippen molar-refractivity contribution in [1.82, 2.24) is 25.1 Å². The fourth-order valence-corrected chi connectivity index (χ4v) is 4.64. The van der Waals surface area contributed by atoms with Gasteiger partial charge in [-0.3, -0.25) is 4.79 Å². The number of carbonyl (C=O) groups excluding carboxylic acids is 1. The SMILES string of the molecule is CC(C)c1nnc2ccc(N3CCC[C@H](C(=O)NC4CCCCCCC4)C3)nn12. The van der Waals surface area contributed by atoms with Crippen LogP contribution >= 0.6 is 0 Å². The molecule has 158 valence electrons. The molecule has 2 fully saturated rings. The standard InChI is InChI=1S/C22H34N6O/c1-16(2)21-25-24-19-12-13-20(26-28(19)21)27-14-8-9-17(15-27)22(29)23-18-10-6-4-3-5-7-11-18/h12-13,16-18H,3-11,14-15H2,1-2H3,(H,23,29)/t17-/m0/s1. The van der Waals surface area contributed by atoms with Gasteiger partial charge in [0, 0.05) is 25.0 Å². The molecular weight excluding hydrogens is 364 g/mol. The average molecular weight is 399 g/mol. The molecule has 0 spiro atoms. The Bertz CT molecular complexity index is 824. The first-order valence-electron chi connectivity index (χ1n) is 11.4. The van der Waals surface area contributed by atoms with Gasteiger partial charge in [-0.05, 0) is 37.8 Å². The first-order valence-corrected chi connectivity index (χ1v) is 11.4. The molecule has 29 heavy (non-hydrogen) atoms. The number of hydrogen-bond donors (Lipinski definition) is 1. The van der Waals surface area contributed by atoms with Crippen LogP contribution in [0.25, 0.3) is 5.65 Å². The monoisotopic (exact) mass is 398 g/mol. The Kier molecular flexibility index (Phi) is 6.31. The lowest BCUT2D eigenvalue weighted by Crippen LogP contribution is -2.46. The zero-order valence-electron chi connectivity index (χ0n) is 17.8. The molecular formula is C22H34N6O. The van der Waals surface area contributed by atoms with Gasteiger partial charge in [0.05, 0.1) is 5.92 Å². The summed E-state index contributed by atoms with van der Waals surface area (Å²) in [7, 11) is 0. The Hall–Kier alpha value is -2.18. The van der Waals surface area contributed by atoms with Crippen molar-refractivity contribution in [2.45, 2.75) is 83.6 Å². The van der Waals surface area contributed by atoms with E-state index in [1.165, 1.54) is 32.1 Å². The van der Waals surface area contributed by atoms with Crippen LogP contribution in [0.5, 0.6) is 0 Å².